The van der Waals surface area contributed by atoms with E-state index < -0.39 is 24.2 Å². The number of rotatable bonds is 3. The summed E-state index contributed by atoms with van der Waals surface area (Å²) in [6.45, 7) is 3.57. The van der Waals surface area contributed by atoms with Crippen LogP contribution in [0.2, 0.25) is 5.15 Å². The van der Waals surface area contributed by atoms with E-state index in [1.165, 1.54) is 0 Å². The van der Waals surface area contributed by atoms with Crippen molar-refractivity contribution in [2.45, 2.75) is 38.5 Å². The maximum atomic E-state index is 10.3. The smallest absolute Gasteiger partial charge is 0.223 e. The van der Waals surface area contributed by atoms with Gasteiger partial charge in [-0.1, -0.05) is 23.4 Å². The van der Waals surface area contributed by atoms with Crippen molar-refractivity contribution >= 4 is 23.4 Å². The molecule has 1 aliphatic carbocycles. The van der Waals surface area contributed by atoms with Gasteiger partial charge in [-0.3, -0.25) is 4.98 Å². The molecule has 2 heterocycles. The molecular weight excluding hydrogens is 382 g/mol. The summed E-state index contributed by atoms with van der Waals surface area (Å²) in [6.07, 6.45) is -0.0382. The van der Waals surface area contributed by atoms with Crippen molar-refractivity contribution in [3.8, 4) is 11.8 Å². The third kappa shape index (κ3) is 4.03. The van der Waals surface area contributed by atoms with E-state index in [2.05, 4.69) is 32.1 Å². The molecule has 0 aliphatic heterocycles. The van der Waals surface area contributed by atoms with Gasteiger partial charge in [-0.25, -0.2) is 0 Å². The van der Waals surface area contributed by atoms with Gasteiger partial charge in [0, 0.05) is 24.3 Å². The average Bonchev–Trinajstić information content (AvgIpc) is 2.90. The summed E-state index contributed by atoms with van der Waals surface area (Å²) in [5, 5.41) is 32.8. The van der Waals surface area contributed by atoms with Gasteiger partial charge in [-0.05, 0) is 31.9 Å². The molecule has 0 saturated heterocycles. The summed E-state index contributed by atoms with van der Waals surface area (Å²) < 4.78 is 0. The second kappa shape index (κ2) is 8.29. The number of aliphatic hydroxyl groups excluding tert-OH is 3. The van der Waals surface area contributed by atoms with Crippen molar-refractivity contribution in [2.75, 3.05) is 17.7 Å². The summed E-state index contributed by atoms with van der Waals surface area (Å²) in [5.74, 6) is 5.81. The Morgan fingerprint density at radius 1 is 1.21 bits per heavy atom. The van der Waals surface area contributed by atoms with Crippen LogP contribution in [0, 0.1) is 31.6 Å². The lowest BCUT2D eigenvalue weighted by molar-refractivity contribution is 0.00445. The Morgan fingerprint density at radius 3 is 2.57 bits per heavy atom. The van der Waals surface area contributed by atoms with E-state index in [0.717, 1.165) is 16.8 Å². The number of halogens is 1. The van der Waals surface area contributed by atoms with Crippen LogP contribution in [-0.2, 0) is 0 Å². The van der Waals surface area contributed by atoms with Crippen LogP contribution in [0.15, 0.2) is 12.3 Å². The number of nitrogen functional groups attached to an aromatic ring is 1. The molecule has 28 heavy (non-hydrogen) atoms. The number of hydrogen-bond acceptors (Lipinski definition) is 8. The lowest BCUT2D eigenvalue weighted by atomic mass is 10.1. The number of hydrogen-bond donors (Lipinski definition) is 5. The summed E-state index contributed by atoms with van der Waals surface area (Å²) in [4.78, 5) is 12.4. The van der Waals surface area contributed by atoms with Crippen LogP contribution in [-0.4, -0.2) is 55.1 Å². The van der Waals surface area contributed by atoms with Crippen LogP contribution >= 0.6 is 11.6 Å². The van der Waals surface area contributed by atoms with Crippen LogP contribution in [0.5, 0.6) is 0 Å². The lowest BCUT2D eigenvalue weighted by Crippen LogP contribution is -2.35. The van der Waals surface area contributed by atoms with Gasteiger partial charge in [0.15, 0.2) is 5.15 Å². The standard InChI is InChI=1S/C19H22ClN5O3/c1-9-5-6-22-10(2)12(9)3-4-13-17(20)24-19(21)25-18(13)23-14-7-11(8-26)15(27)16(14)28/h5-6,11,14-16,26-28H,7-8H2,1-2H3,(H3,21,23,24,25)/t11-,14-,15-,16+/m1/s1. The molecule has 0 amide bonds. The minimum atomic E-state index is -1.07. The molecule has 2 aromatic heterocycles. The first-order valence-corrected chi connectivity index (χ1v) is 9.20. The molecule has 0 aromatic carbocycles. The highest BCUT2D eigenvalue weighted by atomic mass is 35.5. The van der Waals surface area contributed by atoms with Crippen molar-refractivity contribution in [2.24, 2.45) is 5.92 Å². The Labute approximate surface area is 167 Å². The molecule has 0 spiro atoms. The van der Waals surface area contributed by atoms with Gasteiger partial charge < -0.3 is 26.4 Å². The molecule has 8 nitrogen and oxygen atoms in total. The molecule has 3 rings (SSSR count). The van der Waals surface area contributed by atoms with Gasteiger partial charge in [0.2, 0.25) is 5.95 Å². The second-order valence-corrected chi connectivity index (χ2v) is 7.20. The number of aromatic nitrogens is 3. The number of nitrogens with one attached hydrogen (secondary N) is 1. The van der Waals surface area contributed by atoms with Gasteiger partial charge in [0.05, 0.1) is 17.8 Å². The molecule has 0 radical (unpaired) electrons. The van der Waals surface area contributed by atoms with Gasteiger partial charge in [-0.15, -0.1) is 0 Å². The number of anilines is 2. The van der Waals surface area contributed by atoms with Crippen LogP contribution < -0.4 is 11.1 Å². The van der Waals surface area contributed by atoms with Crippen LogP contribution in [0.4, 0.5) is 11.8 Å². The van der Waals surface area contributed by atoms with Gasteiger partial charge in [-0.2, -0.15) is 9.97 Å². The maximum absolute atomic E-state index is 10.3. The normalized spacial score (nSPS) is 23.9. The van der Waals surface area contributed by atoms with Crippen molar-refractivity contribution in [1.82, 2.24) is 15.0 Å². The van der Waals surface area contributed by atoms with Crippen molar-refractivity contribution < 1.29 is 15.3 Å². The summed E-state index contributed by atoms with van der Waals surface area (Å²) in [5.41, 5.74) is 8.58. The number of pyridine rings is 1. The third-order valence-electron chi connectivity index (χ3n) is 4.90. The molecular formula is C19H22ClN5O3. The zero-order valence-electron chi connectivity index (χ0n) is 15.5. The molecule has 0 bridgehead atoms. The fourth-order valence-electron chi connectivity index (χ4n) is 3.30. The maximum Gasteiger partial charge on any atom is 0.223 e. The van der Waals surface area contributed by atoms with Gasteiger partial charge in [0.25, 0.3) is 0 Å². The Morgan fingerprint density at radius 2 is 1.93 bits per heavy atom. The first-order chi connectivity index (χ1) is 13.3. The summed E-state index contributed by atoms with van der Waals surface area (Å²) in [7, 11) is 0. The van der Waals surface area contributed by atoms with E-state index in [1.807, 2.05) is 19.9 Å². The first-order valence-electron chi connectivity index (χ1n) is 8.82. The van der Waals surface area contributed by atoms with E-state index in [-0.39, 0.29) is 23.5 Å². The lowest BCUT2D eigenvalue weighted by Gasteiger charge is -2.19. The van der Waals surface area contributed by atoms with Crippen molar-refractivity contribution in [3.05, 3.63) is 39.8 Å². The van der Waals surface area contributed by atoms with E-state index in [9.17, 15) is 15.3 Å². The number of aryl methyl sites for hydroxylation is 2. The molecule has 6 N–H and O–H groups in total. The average molecular weight is 404 g/mol. The molecule has 1 saturated carbocycles. The Bertz CT molecular complexity index is 923. The minimum absolute atomic E-state index is 0.0430. The quantitative estimate of drug-likeness (QED) is 0.372. The molecule has 2 aromatic rings. The topological polar surface area (TPSA) is 137 Å². The number of nitrogens with zero attached hydrogens (tertiary/aromatic N) is 3. The molecule has 1 aliphatic rings. The van der Waals surface area contributed by atoms with E-state index in [1.54, 1.807) is 6.20 Å². The zero-order chi connectivity index (χ0) is 20.4. The largest absolute Gasteiger partial charge is 0.396 e. The Balaban J connectivity index is 1.97. The number of nitrogens with two attached hydrogens (primary N) is 1. The van der Waals surface area contributed by atoms with E-state index >= 15 is 0 Å². The van der Waals surface area contributed by atoms with Crippen LogP contribution in [0.3, 0.4) is 0 Å². The first kappa shape index (κ1) is 20.3. The second-order valence-electron chi connectivity index (χ2n) is 6.84. The van der Waals surface area contributed by atoms with Crippen molar-refractivity contribution in [3.63, 3.8) is 0 Å². The minimum Gasteiger partial charge on any atom is -0.396 e. The highest BCUT2D eigenvalue weighted by Crippen LogP contribution is 2.30. The van der Waals surface area contributed by atoms with Gasteiger partial charge >= 0.3 is 0 Å². The molecule has 9 heteroatoms. The van der Waals surface area contributed by atoms with Crippen LogP contribution in [0.1, 0.15) is 28.8 Å². The van der Waals surface area contributed by atoms with Crippen LogP contribution in [0.25, 0.3) is 0 Å². The summed E-state index contributed by atoms with van der Waals surface area (Å²) in [6, 6.07) is 1.32. The van der Waals surface area contributed by atoms with E-state index in [0.29, 0.717) is 12.0 Å². The highest BCUT2D eigenvalue weighted by molar-refractivity contribution is 6.31. The predicted octanol–water partition coefficient (Wildman–Crippen LogP) is 0.638. The number of aliphatic hydroxyl groups is 3. The van der Waals surface area contributed by atoms with E-state index in [4.69, 9.17) is 17.3 Å². The van der Waals surface area contributed by atoms with Crippen molar-refractivity contribution in [1.29, 1.82) is 0 Å². The highest BCUT2D eigenvalue weighted by Gasteiger charge is 2.41. The fourth-order valence-corrected chi connectivity index (χ4v) is 3.52. The molecule has 148 valence electrons. The third-order valence-corrected chi connectivity index (χ3v) is 5.18. The molecule has 4 atom stereocenters. The molecule has 1 fully saturated rings. The fraction of sp³-hybridized carbons (Fsp3) is 0.421. The Hall–Kier alpha value is -2.44. The SMILES string of the molecule is Cc1ccnc(C)c1C#Cc1c(Cl)nc(N)nc1N[C@@H]1C[C@H](CO)[C@@H](O)[C@H]1O. The summed E-state index contributed by atoms with van der Waals surface area (Å²) >= 11 is 6.25. The zero-order valence-corrected chi connectivity index (χ0v) is 16.3. The monoisotopic (exact) mass is 403 g/mol. The molecule has 0 unspecified atom stereocenters. The Kier molecular flexibility index (Phi) is 6.01. The van der Waals surface area contributed by atoms with Gasteiger partial charge in [0.1, 0.15) is 17.5 Å². The predicted molar refractivity (Wildman–Crippen MR) is 106 cm³/mol.